The van der Waals surface area contributed by atoms with Crippen LogP contribution >= 0.6 is 11.6 Å². The van der Waals surface area contributed by atoms with Crippen LogP contribution in [0.5, 0.6) is 0 Å². The monoisotopic (exact) mass is 289 g/mol. The standard InChI is InChI=1S/C14H24ClNO3/c1-14(2,3)16(9-8-11(17)10-15)13(18)19-12-6-4-5-7-12/h12H,4-10H2,1-3H3. The number of rotatable bonds is 5. The van der Waals surface area contributed by atoms with E-state index in [-0.39, 0.29) is 35.8 Å². The molecule has 1 fully saturated rings. The van der Waals surface area contributed by atoms with Crippen molar-refractivity contribution in [3.63, 3.8) is 0 Å². The number of alkyl halides is 1. The van der Waals surface area contributed by atoms with Crippen molar-refractivity contribution < 1.29 is 14.3 Å². The van der Waals surface area contributed by atoms with Gasteiger partial charge in [0.25, 0.3) is 0 Å². The molecule has 0 N–H and O–H groups in total. The van der Waals surface area contributed by atoms with Crippen LogP contribution in [0.25, 0.3) is 0 Å². The molecule has 1 rings (SSSR count). The Labute approximate surface area is 120 Å². The fourth-order valence-corrected chi connectivity index (χ4v) is 2.35. The highest BCUT2D eigenvalue weighted by Crippen LogP contribution is 2.23. The Hall–Kier alpha value is -0.770. The van der Waals surface area contributed by atoms with E-state index >= 15 is 0 Å². The summed E-state index contributed by atoms with van der Waals surface area (Å²) < 4.78 is 5.51. The Morgan fingerprint density at radius 3 is 2.32 bits per heavy atom. The summed E-state index contributed by atoms with van der Waals surface area (Å²) in [6.07, 6.45) is 4.15. The summed E-state index contributed by atoms with van der Waals surface area (Å²) in [5.74, 6) is -0.0556. The summed E-state index contributed by atoms with van der Waals surface area (Å²) in [6.45, 7) is 6.18. The molecule has 4 nitrogen and oxygen atoms in total. The van der Waals surface area contributed by atoms with Gasteiger partial charge in [0.05, 0.1) is 5.88 Å². The lowest BCUT2D eigenvalue weighted by molar-refractivity contribution is -0.117. The molecule has 0 spiro atoms. The third-order valence-corrected chi connectivity index (χ3v) is 3.66. The molecule has 1 aliphatic rings. The number of hydrogen-bond acceptors (Lipinski definition) is 3. The summed E-state index contributed by atoms with van der Waals surface area (Å²) in [6, 6.07) is 0. The topological polar surface area (TPSA) is 46.6 Å². The summed E-state index contributed by atoms with van der Waals surface area (Å²) in [4.78, 5) is 25.1. The average molecular weight is 290 g/mol. The Bertz CT molecular complexity index is 319. The molecule has 0 bridgehead atoms. The van der Waals surface area contributed by atoms with Crippen molar-refractivity contribution >= 4 is 23.5 Å². The number of ether oxygens (including phenoxy) is 1. The lowest BCUT2D eigenvalue weighted by Gasteiger charge is -2.35. The van der Waals surface area contributed by atoms with E-state index < -0.39 is 0 Å². The minimum atomic E-state index is -0.359. The predicted octanol–water partition coefficient (Wildman–Crippen LogP) is 3.36. The number of halogens is 1. The maximum atomic E-state index is 12.2. The van der Waals surface area contributed by atoms with Gasteiger partial charge in [-0.25, -0.2) is 4.79 Å². The van der Waals surface area contributed by atoms with Gasteiger partial charge in [-0.3, -0.25) is 4.79 Å². The second-order valence-electron chi connectivity index (χ2n) is 6.03. The van der Waals surface area contributed by atoms with Crippen LogP contribution in [0, 0.1) is 0 Å². The highest BCUT2D eigenvalue weighted by Gasteiger charge is 2.30. The third-order valence-electron chi connectivity index (χ3n) is 3.36. The number of Topliss-reactive ketones (excluding diaryl/α,β-unsaturated/α-hetero) is 1. The highest BCUT2D eigenvalue weighted by atomic mass is 35.5. The molecular weight excluding hydrogens is 266 g/mol. The normalized spacial score (nSPS) is 16.4. The fourth-order valence-electron chi connectivity index (χ4n) is 2.22. The lowest BCUT2D eigenvalue weighted by Crippen LogP contribution is -2.47. The van der Waals surface area contributed by atoms with Gasteiger partial charge < -0.3 is 9.64 Å². The number of hydrogen-bond donors (Lipinski definition) is 0. The van der Waals surface area contributed by atoms with E-state index in [2.05, 4.69) is 0 Å². The molecule has 0 heterocycles. The zero-order valence-corrected chi connectivity index (χ0v) is 12.8. The molecule has 1 aliphatic carbocycles. The Kier molecular flexibility index (Phi) is 6.11. The van der Waals surface area contributed by atoms with Crippen molar-refractivity contribution in [2.24, 2.45) is 0 Å². The van der Waals surface area contributed by atoms with Gasteiger partial charge in [-0.2, -0.15) is 0 Å². The van der Waals surface area contributed by atoms with Gasteiger partial charge in [0, 0.05) is 18.5 Å². The zero-order chi connectivity index (χ0) is 14.5. The van der Waals surface area contributed by atoms with Crippen LogP contribution in [-0.4, -0.2) is 40.8 Å². The first-order valence-corrected chi connectivity index (χ1v) is 7.44. The smallest absolute Gasteiger partial charge is 0.410 e. The largest absolute Gasteiger partial charge is 0.446 e. The molecule has 19 heavy (non-hydrogen) atoms. The fraction of sp³-hybridized carbons (Fsp3) is 0.857. The molecule has 0 aromatic carbocycles. The van der Waals surface area contributed by atoms with E-state index in [4.69, 9.17) is 16.3 Å². The van der Waals surface area contributed by atoms with Gasteiger partial charge in [-0.15, -0.1) is 11.6 Å². The molecule has 1 saturated carbocycles. The van der Waals surface area contributed by atoms with Crippen molar-refractivity contribution in [2.75, 3.05) is 12.4 Å². The molecule has 0 atom stereocenters. The number of amides is 1. The molecular formula is C14H24ClNO3. The predicted molar refractivity (Wildman–Crippen MR) is 75.5 cm³/mol. The van der Waals surface area contributed by atoms with E-state index in [1.165, 1.54) is 0 Å². The van der Waals surface area contributed by atoms with Gasteiger partial charge in [0.2, 0.25) is 0 Å². The van der Waals surface area contributed by atoms with Gasteiger partial charge in [-0.1, -0.05) is 0 Å². The Morgan fingerprint density at radius 2 is 1.84 bits per heavy atom. The van der Waals surface area contributed by atoms with E-state index in [1.54, 1.807) is 4.90 Å². The first kappa shape index (κ1) is 16.3. The summed E-state index contributed by atoms with van der Waals surface area (Å²) in [7, 11) is 0. The highest BCUT2D eigenvalue weighted by molar-refractivity contribution is 6.27. The summed E-state index contributed by atoms with van der Waals surface area (Å²) in [5, 5.41) is 0. The van der Waals surface area contributed by atoms with Gasteiger partial charge in [0.1, 0.15) is 11.9 Å². The molecule has 0 aromatic rings. The van der Waals surface area contributed by atoms with Crippen LogP contribution < -0.4 is 0 Å². The van der Waals surface area contributed by atoms with Gasteiger partial charge >= 0.3 is 6.09 Å². The first-order chi connectivity index (χ1) is 8.84. The van der Waals surface area contributed by atoms with Gasteiger partial charge in [0.15, 0.2) is 0 Å². The summed E-state index contributed by atoms with van der Waals surface area (Å²) in [5.41, 5.74) is -0.359. The number of ketones is 1. The van der Waals surface area contributed by atoms with Crippen LogP contribution in [0.2, 0.25) is 0 Å². The van der Waals surface area contributed by atoms with E-state index in [0.717, 1.165) is 25.7 Å². The van der Waals surface area contributed by atoms with Crippen molar-refractivity contribution in [2.45, 2.75) is 64.5 Å². The molecule has 0 aliphatic heterocycles. The minimum absolute atomic E-state index is 0.00431. The van der Waals surface area contributed by atoms with Crippen LogP contribution in [-0.2, 0) is 9.53 Å². The summed E-state index contributed by atoms with van der Waals surface area (Å²) >= 11 is 5.48. The Morgan fingerprint density at radius 1 is 1.26 bits per heavy atom. The van der Waals surface area contributed by atoms with E-state index in [1.807, 2.05) is 20.8 Å². The maximum absolute atomic E-state index is 12.2. The second kappa shape index (κ2) is 7.13. The molecule has 110 valence electrons. The van der Waals surface area contributed by atoms with Crippen molar-refractivity contribution in [1.82, 2.24) is 4.90 Å². The molecule has 0 aromatic heterocycles. The lowest BCUT2D eigenvalue weighted by atomic mass is 10.1. The maximum Gasteiger partial charge on any atom is 0.410 e. The molecule has 0 unspecified atom stereocenters. The quantitative estimate of drug-likeness (QED) is 0.729. The average Bonchev–Trinajstić information content (AvgIpc) is 2.79. The SMILES string of the molecule is CC(C)(C)N(CCC(=O)CCl)C(=O)OC1CCCC1. The van der Waals surface area contributed by atoms with Crippen molar-refractivity contribution in [3.8, 4) is 0 Å². The molecule has 5 heteroatoms. The van der Waals surface area contributed by atoms with Crippen molar-refractivity contribution in [3.05, 3.63) is 0 Å². The zero-order valence-electron chi connectivity index (χ0n) is 12.1. The Balaban J connectivity index is 2.57. The minimum Gasteiger partial charge on any atom is -0.446 e. The van der Waals surface area contributed by atoms with Crippen LogP contribution in [0.15, 0.2) is 0 Å². The van der Waals surface area contributed by atoms with E-state index in [0.29, 0.717) is 6.54 Å². The third kappa shape index (κ3) is 5.39. The second-order valence-corrected chi connectivity index (χ2v) is 6.30. The van der Waals surface area contributed by atoms with Crippen LogP contribution in [0.4, 0.5) is 4.79 Å². The molecule has 1 amide bonds. The number of carbonyl (C=O) groups excluding carboxylic acids is 2. The van der Waals surface area contributed by atoms with Gasteiger partial charge in [-0.05, 0) is 46.5 Å². The molecule has 0 radical (unpaired) electrons. The van der Waals surface area contributed by atoms with Crippen molar-refractivity contribution in [1.29, 1.82) is 0 Å². The van der Waals surface area contributed by atoms with Crippen LogP contribution in [0.1, 0.15) is 52.9 Å². The van der Waals surface area contributed by atoms with E-state index in [9.17, 15) is 9.59 Å². The van der Waals surface area contributed by atoms with Crippen LogP contribution in [0.3, 0.4) is 0 Å². The number of nitrogens with zero attached hydrogens (tertiary/aromatic N) is 1. The molecule has 0 saturated heterocycles. The first-order valence-electron chi connectivity index (χ1n) is 6.90. The number of carbonyl (C=O) groups is 2.